The van der Waals surface area contributed by atoms with E-state index in [1.165, 1.54) is 0 Å². The Morgan fingerprint density at radius 3 is 2.15 bits per heavy atom. The van der Waals surface area contributed by atoms with Gasteiger partial charge in [-0.15, -0.1) is 0 Å². The minimum Gasteiger partial charge on any atom is -0.367 e. The van der Waals surface area contributed by atoms with Crippen molar-refractivity contribution in [1.82, 2.24) is 16.0 Å². The van der Waals surface area contributed by atoms with Gasteiger partial charge in [0.05, 0.1) is 6.61 Å². The zero-order valence-electron chi connectivity index (χ0n) is 14.8. The molecule has 0 radical (unpaired) electrons. The highest BCUT2D eigenvalue weighted by molar-refractivity contribution is 5.78. The van der Waals surface area contributed by atoms with Crippen LogP contribution in [0.5, 0.6) is 0 Å². The molecule has 1 rings (SSSR count). The molecule has 0 aliphatic carbocycles. The number of alkyl halides is 3. The Labute approximate surface area is 150 Å². The molecule has 0 fully saturated rings. The van der Waals surface area contributed by atoms with Gasteiger partial charge in [-0.05, 0) is 11.1 Å². The van der Waals surface area contributed by atoms with Gasteiger partial charge in [-0.1, -0.05) is 38.1 Å². The fraction of sp³-hybridized carbons (Fsp3) is 0.529. The van der Waals surface area contributed by atoms with Crippen molar-refractivity contribution in [1.29, 1.82) is 0 Å². The number of carbonyl (C=O) groups is 2. The number of carbonyl (C=O) groups excluding carboxylic acids is 2. The van der Waals surface area contributed by atoms with Crippen molar-refractivity contribution in [2.75, 3.05) is 19.7 Å². The molecule has 0 saturated heterocycles. The maximum absolute atomic E-state index is 12.0. The zero-order valence-corrected chi connectivity index (χ0v) is 14.8. The first-order chi connectivity index (χ1) is 12.2. The highest BCUT2D eigenvalue weighted by atomic mass is 19.4. The Morgan fingerprint density at radius 1 is 1.00 bits per heavy atom. The zero-order chi connectivity index (χ0) is 19.6. The predicted molar refractivity (Wildman–Crippen MR) is 90.2 cm³/mol. The van der Waals surface area contributed by atoms with Gasteiger partial charge in [0, 0.05) is 25.6 Å². The van der Waals surface area contributed by atoms with Crippen LogP contribution in [0.15, 0.2) is 24.3 Å². The minimum atomic E-state index is -4.34. The van der Waals surface area contributed by atoms with Gasteiger partial charge in [0.25, 0.3) is 0 Å². The second-order valence-corrected chi connectivity index (χ2v) is 5.98. The van der Waals surface area contributed by atoms with E-state index in [1.807, 2.05) is 0 Å². The van der Waals surface area contributed by atoms with Crippen LogP contribution < -0.4 is 16.0 Å². The van der Waals surface area contributed by atoms with E-state index in [1.54, 1.807) is 38.1 Å². The van der Waals surface area contributed by atoms with Crippen molar-refractivity contribution in [3.8, 4) is 0 Å². The van der Waals surface area contributed by atoms with Gasteiger partial charge in [-0.25, -0.2) is 4.79 Å². The third-order valence-electron chi connectivity index (χ3n) is 3.24. The molecule has 0 aromatic heterocycles. The van der Waals surface area contributed by atoms with Gasteiger partial charge in [-0.3, -0.25) is 4.79 Å². The molecule has 3 N–H and O–H groups in total. The molecule has 0 heterocycles. The van der Waals surface area contributed by atoms with Crippen LogP contribution in [-0.4, -0.2) is 37.8 Å². The van der Waals surface area contributed by atoms with Crippen LogP contribution in [0.3, 0.4) is 0 Å². The van der Waals surface area contributed by atoms with Gasteiger partial charge in [0.2, 0.25) is 5.91 Å². The molecule has 9 heteroatoms. The Kier molecular flexibility index (Phi) is 8.91. The van der Waals surface area contributed by atoms with Crippen molar-refractivity contribution in [3.63, 3.8) is 0 Å². The number of urea groups is 1. The molecule has 0 saturated carbocycles. The number of hydrogen-bond acceptors (Lipinski definition) is 3. The Hall–Kier alpha value is -2.29. The molecule has 0 bridgehead atoms. The number of nitrogens with one attached hydrogen (secondary N) is 3. The first-order valence-corrected chi connectivity index (χ1v) is 8.19. The molecule has 0 aliphatic rings. The largest absolute Gasteiger partial charge is 0.411 e. The summed E-state index contributed by atoms with van der Waals surface area (Å²) >= 11 is 0. The van der Waals surface area contributed by atoms with Crippen molar-refractivity contribution < 1.29 is 27.5 Å². The van der Waals surface area contributed by atoms with E-state index >= 15 is 0 Å². The molecular formula is C17H24F3N3O3. The highest BCUT2D eigenvalue weighted by Gasteiger charge is 2.27. The maximum atomic E-state index is 12.0. The molecule has 146 valence electrons. The van der Waals surface area contributed by atoms with E-state index in [-0.39, 0.29) is 31.0 Å². The van der Waals surface area contributed by atoms with Crippen molar-refractivity contribution in [2.45, 2.75) is 33.2 Å². The van der Waals surface area contributed by atoms with Crippen molar-refractivity contribution >= 4 is 11.9 Å². The SMILES string of the molecule is CC(C)C(=O)NCCNC(=O)NCc1ccc(COCC(F)(F)F)cc1. The van der Waals surface area contributed by atoms with E-state index in [2.05, 4.69) is 20.7 Å². The average Bonchev–Trinajstić information content (AvgIpc) is 2.56. The smallest absolute Gasteiger partial charge is 0.367 e. The summed E-state index contributed by atoms with van der Waals surface area (Å²) in [6.07, 6.45) is -4.34. The van der Waals surface area contributed by atoms with Crippen LogP contribution in [0.1, 0.15) is 25.0 Å². The van der Waals surface area contributed by atoms with Crippen molar-refractivity contribution in [2.24, 2.45) is 5.92 Å². The van der Waals surface area contributed by atoms with Crippen LogP contribution in [0.25, 0.3) is 0 Å². The van der Waals surface area contributed by atoms with E-state index in [0.717, 1.165) is 5.56 Å². The first-order valence-electron chi connectivity index (χ1n) is 8.19. The number of hydrogen-bond donors (Lipinski definition) is 3. The van der Waals surface area contributed by atoms with Crippen molar-refractivity contribution in [3.05, 3.63) is 35.4 Å². The predicted octanol–water partition coefficient (Wildman–Crippen LogP) is 2.34. The number of halogens is 3. The van der Waals surface area contributed by atoms with Crippen LogP contribution in [0.2, 0.25) is 0 Å². The lowest BCUT2D eigenvalue weighted by molar-refractivity contribution is -0.176. The fourth-order valence-corrected chi connectivity index (χ4v) is 1.85. The Balaban J connectivity index is 2.22. The van der Waals surface area contributed by atoms with Crippen LogP contribution in [-0.2, 0) is 22.7 Å². The quantitative estimate of drug-likeness (QED) is 0.580. The maximum Gasteiger partial charge on any atom is 0.411 e. The molecule has 26 heavy (non-hydrogen) atoms. The summed E-state index contributed by atoms with van der Waals surface area (Å²) < 4.78 is 40.6. The summed E-state index contributed by atoms with van der Waals surface area (Å²) in [4.78, 5) is 23.0. The molecule has 0 aliphatic heterocycles. The molecule has 3 amide bonds. The molecule has 0 spiro atoms. The van der Waals surface area contributed by atoms with Crippen LogP contribution in [0, 0.1) is 5.92 Å². The van der Waals surface area contributed by atoms with E-state index in [0.29, 0.717) is 18.7 Å². The normalized spacial score (nSPS) is 11.3. The van der Waals surface area contributed by atoms with Crippen LogP contribution in [0.4, 0.5) is 18.0 Å². The number of benzene rings is 1. The third kappa shape index (κ3) is 9.87. The molecule has 0 atom stereocenters. The van der Waals surface area contributed by atoms with Crippen LogP contribution >= 0.6 is 0 Å². The summed E-state index contributed by atoms with van der Waals surface area (Å²) in [5, 5.41) is 7.94. The lowest BCUT2D eigenvalue weighted by Gasteiger charge is -2.10. The first kappa shape index (κ1) is 21.8. The van der Waals surface area contributed by atoms with E-state index < -0.39 is 12.8 Å². The van der Waals surface area contributed by atoms with E-state index in [9.17, 15) is 22.8 Å². The minimum absolute atomic E-state index is 0.0773. The van der Waals surface area contributed by atoms with Gasteiger partial charge < -0.3 is 20.7 Å². The molecule has 1 aromatic carbocycles. The molecule has 1 aromatic rings. The Bertz CT molecular complexity index is 575. The summed E-state index contributed by atoms with van der Waals surface area (Å²) in [7, 11) is 0. The average molecular weight is 375 g/mol. The monoisotopic (exact) mass is 375 g/mol. The summed E-state index contributed by atoms with van der Waals surface area (Å²) in [6, 6.07) is 6.33. The highest BCUT2D eigenvalue weighted by Crippen LogP contribution is 2.15. The number of amides is 3. The van der Waals surface area contributed by atoms with E-state index in [4.69, 9.17) is 0 Å². The number of ether oxygens (including phenoxy) is 1. The number of rotatable bonds is 9. The van der Waals surface area contributed by atoms with Gasteiger partial charge in [-0.2, -0.15) is 13.2 Å². The summed E-state index contributed by atoms with van der Waals surface area (Å²) in [5.41, 5.74) is 1.41. The lowest BCUT2D eigenvalue weighted by Crippen LogP contribution is -2.40. The van der Waals surface area contributed by atoms with Gasteiger partial charge in [0.15, 0.2) is 0 Å². The lowest BCUT2D eigenvalue weighted by atomic mass is 10.1. The van der Waals surface area contributed by atoms with Gasteiger partial charge in [0.1, 0.15) is 6.61 Å². The topological polar surface area (TPSA) is 79.5 Å². The molecule has 0 unspecified atom stereocenters. The molecule has 6 nitrogen and oxygen atoms in total. The Morgan fingerprint density at radius 2 is 1.58 bits per heavy atom. The standard InChI is InChI=1S/C17H24F3N3O3/c1-12(2)15(24)21-7-8-22-16(25)23-9-13-3-5-14(6-4-13)10-26-11-17(18,19)20/h3-6,12H,7-11H2,1-2H3,(H,21,24)(H2,22,23,25). The summed E-state index contributed by atoms with van der Waals surface area (Å²) in [6.45, 7) is 3.07. The molecular weight excluding hydrogens is 351 g/mol. The summed E-state index contributed by atoms with van der Waals surface area (Å²) in [5.74, 6) is -0.183. The fourth-order valence-electron chi connectivity index (χ4n) is 1.85. The second kappa shape index (κ2) is 10.6. The van der Waals surface area contributed by atoms with Gasteiger partial charge >= 0.3 is 12.2 Å². The third-order valence-corrected chi connectivity index (χ3v) is 3.24. The second-order valence-electron chi connectivity index (χ2n) is 5.98.